The highest BCUT2D eigenvalue weighted by Crippen LogP contribution is 2.21. The Morgan fingerprint density at radius 1 is 1.25 bits per heavy atom. The van der Waals surface area contributed by atoms with Gasteiger partial charge in [0, 0.05) is 12.6 Å². The van der Waals surface area contributed by atoms with Gasteiger partial charge in [-0.1, -0.05) is 36.8 Å². The zero-order valence-electron chi connectivity index (χ0n) is 11.3. The van der Waals surface area contributed by atoms with Crippen molar-refractivity contribution in [3.05, 3.63) is 35.9 Å². The van der Waals surface area contributed by atoms with Crippen LogP contribution in [-0.2, 0) is 20.8 Å². The standard InChI is InChI=1S/C15H19NO4/c17-14(18)15(19)20-16-11-5-4-8-13(16)10-9-12-6-2-1-3-7-12/h1-3,6-7,13H,4-5,8-11H2,(H,17,18). The van der Waals surface area contributed by atoms with E-state index in [4.69, 9.17) is 9.94 Å². The zero-order valence-corrected chi connectivity index (χ0v) is 11.3. The molecule has 0 amide bonds. The molecule has 1 aliphatic rings. The molecule has 5 heteroatoms. The Morgan fingerprint density at radius 2 is 2.00 bits per heavy atom. The molecule has 1 heterocycles. The maximum Gasteiger partial charge on any atom is 0.436 e. The minimum atomic E-state index is -1.54. The molecule has 1 fully saturated rings. The first-order chi connectivity index (χ1) is 9.66. The summed E-state index contributed by atoms with van der Waals surface area (Å²) in [6.07, 6.45) is 4.69. The van der Waals surface area contributed by atoms with Crippen molar-refractivity contribution in [2.45, 2.75) is 38.1 Å². The van der Waals surface area contributed by atoms with Crippen LogP contribution in [0.25, 0.3) is 0 Å². The van der Waals surface area contributed by atoms with E-state index in [0.717, 1.165) is 32.1 Å². The second-order valence-electron chi connectivity index (χ2n) is 5.00. The van der Waals surface area contributed by atoms with Crippen molar-refractivity contribution < 1.29 is 19.5 Å². The number of aliphatic carboxylic acids is 1. The summed E-state index contributed by atoms with van der Waals surface area (Å²) in [7, 11) is 0. The van der Waals surface area contributed by atoms with E-state index in [9.17, 15) is 9.59 Å². The van der Waals surface area contributed by atoms with Gasteiger partial charge in [0.2, 0.25) is 0 Å². The van der Waals surface area contributed by atoms with Crippen LogP contribution < -0.4 is 0 Å². The van der Waals surface area contributed by atoms with Crippen molar-refractivity contribution in [3.63, 3.8) is 0 Å². The van der Waals surface area contributed by atoms with E-state index in [1.807, 2.05) is 18.2 Å². The number of hydroxylamine groups is 2. The number of carboxylic acids is 1. The van der Waals surface area contributed by atoms with Gasteiger partial charge in [-0.25, -0.2) is 9.59 Å². The summed E-state index contributed by atoms with van der Waals surface area (Å²) >= 11 is 0. The van der Waals surface area contributed by atoms with Crippen LogP contribution in [-0.4, -0.2) is 34.7 Å². The average molecular weight is 277 g/mol. The summed E-state index contributed by atoms with van der Waals surface area (Å²) in [6, 6.07) is 10.2. The van der Waals surface area contributed by atoms with Crippen molar-refractivity contribution in [2.75, 3.05) is 6.54 Å². The lowest BCUT2D eigenvalue weighted by atomic mass is 9.97. The highest BCUT2D eigenvalue weighted by atomic mass is 16.7. The fourth-order valence-corrected chi connectivity index (χ4v) is 2.51. The summed E-state index contributed by atoms with van der Waals surface area (Å²) in [5.41, 5.74) is 1.24. The molecule has 0 aromatic heterocycles. The highest BCUT2D eigenvalue weighted by Gasteiger charge is 2.27. The third-order valence-electron chi connectivity index (χ3n) is 3.56. The molecule has 1 atom stereocenters. The van der Waals surface area contributed by atoms with Gasteiger partial charge >= 0.3 is 11.9 Å². The Labute approximate surface area is 118 Å². The predicted octanol–water partition coefficient (Wildman–Crippen LogP) is 2.02. The smallest absolute Gasteiger partial charge is 0.436 e. The molecule has 1 aromatic rings. The number of nitrogens with zero attached hydrogens (tertiary/aromatic N) is 1. The second-order valence-corrected chi connectivity index (χ2v) is 5.00. The maximum atomic E-state index is 11.2. The van der Waals surface area contributed by atoms with Crippen LogP contribution in [0.5, 0.6) is 0 Å². The summed E-state index contributed by atoms with van der Waals surface area (Å²) in [5, 5.41) is 10.2. The van der Waals surface area contributed by atoms with Crippen LogP contribution in [0.3, 0.4) is 0 Å². The molecule has 1 aliphatic heterocycles. The molecule has 0 radical (unpaired) electrons. The molecular formula is C15H19NO4. The fourth-order valence-electron chi connectivity index (χ4n) is 2.51. The van der Waals surface area contributed by atoms with Gasteiger partial charge in [0.1, 0.15) is 0 Å². The Hall–Kier alpha value is -1.88. The third-order valence-corrected chi connectivity index (χ3v) is 3.56. The predicted molar refractivity (Wildman–Crippen MR) is 72.8 cm³/mol. The minimum Gasteiger partial charge on any atom is -0.473 e. The molecule has 0 spiro atoms. The van der Waals surface area contributed by atoms with E-state index < -0.39 is 11.9 Å². The van der Waals surface area contributed by atoms with Crippen molar-refractivity contribution in [1.29, 1.82) is 0 Å². The number of hydrogen-bond acceptors (Lipinski definition) is 4. The summed E-state index contributed by atoms with van der Waals surface area (Å²) < 4.78 is 0. The van der Waals surface area contributed by atoms with Gasteiger partial charge in [-0.3, -0.25) is 0 Å². The van der Waals surface area contributed by atoms with Crippen LogP contribution in [0.15, 0.2) is 30.3 Å². The molecule has 108 valence electrons. The lowest BCUT2D eigenvalue weighted by molar-refractivity contribution is -0.213. The minimum absolute atomic E-state index is 0.104. The van der Waals surface area contributed by atoms with Crippen molar-refractivity contribution in [3.8, 4) is 0 Å². The SMILES string of the molecule is O=C(O)C(=O)ON1CCCCC1CCc1ccccc1. The van der Waals surface area contributed by atoms with Crippen LogP contribution in [0, 0.1) is 0 Å². The molecule has 0 bridgehead atoms. The monoisotopic (exact) mass is 277 g/mol. The van der Waals surface area contributed by atoms with E-state index in [0.29, 0.717) is 6.54 Å². The normalized spacial score (nSPS) is 19.5. The molecule has 1 N–H and O–H groups in total. The number of rotatable bonds is 4. The second kappa shape index (κ2) is 7.05. The topological polar surface area (TPSA) is 66.8 Å². The Morgan fingerprint density at radius 3 is 2.70 bits per heavy atom. The maximum absolute atomic E-state index is 11.2. The van der Waals surface area contributed by atoms with E-state index in [1.165, 1.54) is 5.56 Å². The summed E-state index contributed by atoms with van der Waals surface area (Å²) in [5.74, 6) is -2.74. The van der Waals surface area contributed by atoms with Crippen LogP contribution in [0.1, 0.15) is 31.2 Å². The van der Waals surface area contributed by atoms with Crippen molar-refractivity contribution in [1.82, 2.24) is 5.06 Å². The number of aryl methyl sites for hydroxylation is 1. The van der Waals surface area contributed by atoms with E-state index in [2.05, 4.69) is 12.1 Å². The van der Waals surface area contributed by atoms with Gasteiger partial charge in [0.25, 0.3) is 0 Å². The van der Waals surface area contributed by atoms with Gasteiger partial charge in [-0.15, -0.1) is 5.06 Å². The molecular weight excluding hydrogens is 258 g/mol. The van der Waals surface area contributed by atoms with Gasteiger partial charge in [-0.05, 0) is 31.2 Å². The van der Waals surface area contributed by atoms with E-state index in [1.54, 1.807) is 5.06 Å². The van der Waals surface area contributed by atoms with Crippen molar-refractivity contribution in [2.24, 2.45) is 0 Å². The first-order valence-corrected chi connectivity index (χ1v) is 6.92. The van der Waals surface area contributed by atoms with Gasteiger partial charge < -0.3 is 9.94 Å². The highest BCUT2D eigenvalue weighted by molar-refractivity contribution is 6.28. The first-order valence-electron chi connectivity index (χ1n) is 6.92. The third kappa shape index (κ3) is 4.06. The molecule has 1 saturated heterocycles. The molecule has 20 heavy (non-hydrogen) atoms. The van der Waals surface area contributed by atoms with Crippen molar-refractivity contribution >= 4 is 11.9 Å². The quantitative estimate of drug-likeness (QED) is 0.853. The Balaban J connectivity index is 1.90. The zero-order chi connectivity index (χ0) is 14.4. The average Bonchev–Trinajstić information content (AvgIpc) is 2.47. The molecule has 0 saturated carbocycles. The lowest BCUT2D eigenvalue weighted by Crippen LogP contribution is -2.42. The van der Waals surface area contributed by atoms with Gasteiger partial charge in [0.15, 0.2) is 0 Å². The van der Waals surface area contributed by atoms with E-state index in [-0.39, 0.29) is 6.04 Å². The van der Waals surface area contributed by atoms with Gasteiger partial charge in [0.05, 0.1) is 0 Å². The van der Waals surface area contributed by atoms with Gasteiger partial charge in [-0.2, -0.15) is 0 Å². The summed E-state index contributed by atoms with van der Waals surface area (Å²) in [4.78, 5) is 26.7. The van der Waals surface area contributed by atoms with Crippen LogP contribution >= 0.6 is 0 Å². The molecule has 1 unspecified atom stereocenters. The number of carbonyl (C=O) groups is 2. The Kier molecular flexibility index (Phi) is 5.12. The van der Waals surface area contributed by atoms with Crippen LogP contribution in [0.4, 0.5) is 0 Å². The summed E-state index contributed by atoms with van der Waals surface area (Å²) in [6.45, 7) is 0.610. The fraction of sp³-hybridized carbons (Fsp3) is 0.467. The molecule has 2 rings (SSSR count). The molecule has 1 aromatic carbocycles. The number of carboxylic acid groups (broad SMARTS) is 1. The number of carbonyl (C=O) groups excluding carboxylic acids is 1. The Bertz CT molecular complexity index is 460. The number of benzene rings is 1. The molecule has 5 nitrogen and oxygen atoms in total. The van der Waals surface area contributed by atoms with Crippen LogP contribution in [0.2, 0.25) is 0 Å². The van der Waals surface area contributed by atoms with E-state index >= 15 is 0 Å². The molecule has 0 aliphatic carbocycles. The number of piperidine rings is 1. The first kappa shape index (κ1) is 14.5. The number of hydrogen-bond donors (Lipinski definition) is 1. The lowest BCUT2D eigenvalue weighted by Gasteiger charge is -2.33. The largest absolute Gasteiger partial charge is 0.473 e.